The van der Waals surface area contributed by atoms with Crippen LogP contribution in [0.15, 0.2) is 30.3 Å². The maximum atomic E-state index is 12.3. The summed E-state index contributed by atoms with van der Waals surface area (Å²) < 4.78 is 0. The summed E-state index contributed by atoms with van der Waals surface area (Å²) in [6, 6.07) is 9.72. The van der Waals surface area contributed by atoms with Gasteiger partial charge in [0.05, 0.1) is 23.6 Å². The van der Waals surface area contributed by atoms with E-state index in [9.17, 15) is 4.79 Å². The molecule has 0 saturated heterocycles. The van der Waals surface area contributed by atoms with Gasteiger partial charge >= 0.3 is 0 Å². The number of H-pyrrole nitrogens is 1. The van der Waals surface area contributed by atoms with Crippen LogP contribution < -0.4 is 10.2 Å². The van der Waals surface area contributed by atoms with Crippen molar-refractivity contribution in [3.8, 4) is 0 Å². The first-order valence-corrected chi connectivity index (χ1v) is 7.34. The molecule has 0 saturated carbocycles. The highest BCUT2D eigenvalue weighted by molar-refractivity contribution is 5.95. The quantitative estimate of drug-likeness (QED) is 0.729. The van der Waals surface area contributed by atoms with Crippen molar-refractivity contribution in [1.82, 2.24) is 10.2 Å². The Labute approximate surface area is 130 Å². The summed E-state index contributed by atoms with van der Waals surface area (Å²) in [6.45, 7) is 4.67. The number of carbonyl (C=O) groups excluding carboxylic acids is 1. The Morgan fingerprint density at radius 1 is 1.32 bits per heavy atom. The van der Waals surface area contributed by atoms with Crippen molar-refractivity contribution in [3.63, 3.8) is 0 Å². The normalized spacial score (nSPS) is 10.5. The van der Waals surface area contributed by atoms with Gasteiger partial charge < -0.3 is 15.3 Å². The topological polar surface area (TPSA) is 81.2 Å². The van der Waals surface area contributed by atoms with E-state index in [4.69, 9.17) is 5.11 Å². The van der Waals surface area contributed by atoms with E-state index < -0.39 is 0 Å². The smallest absolute Gasteiger partial charge is 0.243 e. The van der Waals surface area contributed by atoms with Gasteiger partial charge in [0.1, 0.15) is 0 Å². The number of benzene rings is 1. The molecule has 6 heteroatoms. The first kappa shape index (κ1) is 16.0. The highest BCUT2D eigenvalue weighted by Crippen LogP contribution is 2.17. The zero-order chi connectivity index (χ0) is 15.9. The molecule has 1 amide bonds. The van der Waals surface area contributed by atoms with Crippen LogP contribution in [0.3, 0.4) is 0 Å². The molecule has 2 aromatic rings. The van der Waals surface area contributed by atoms with Crippen LogP contribution in [0.25, 0.3) is 0 Å². The van der Waals surface area contributed by atoms with Gasteiger partial charge in [0.15, 0.2) is 0 Å². The fraction of sp³-hybridized carbons (Fsp3) is 0.375. The fourth-order valence-corrected chi connectivity index (χ4v) is 2.29. The van der Waals surface area contributed by atoms with Crippen molar-refractivity contribution < 1.29 is 9.90 Å². The van der Waals surface area contributed by atoms with Crippen LogP contribution in [-0.2, 0) is 4.79 Å². The average molecular weight is 302 g/mol. The molecule has 0 aliphatic carbocycles. The summed E-state index contributed by atoms with van der Waals surface area (Å²) in [5.41, 5.74) is 3.31. The van der Waals surface area contributed by atoms with Crippen LogP contribution in [0.2, 0.25) is 0 Å². The number of para-hydroxylation sites is 1. The van der Waals surface area contributed by atoms with Crippen molar-refractivity contribution in [3.05, 3.63) is 41.7 Å². The molecule has 22 heavy (non-hydrogen) atoms. The number of aromatic nitrogens is 2. The standard InChI is InChI=1S/C16H22N4O2/c1-12-16(13(2)19-18-12)17-15(22)11-20(9-6-10-21)14-7-4-3-5-8-14/h3-5,7-8,21H,6,9-11H2,1-2H3,(H,17,22)(H,18,19). The monoisotopic (exact) mass is 302 g/mol. The molecule has 2 rings (SSSR count). The van der Waals surface area contributed by atoms with E-state index in [2.05, 4.69) is 15.5 Å². The summed E-state index contributed by atoms with van der Waals surface area (Å²) >= 11 is 0. The molecule has 0 atom stereocenters. The van der Waals surface area contributed by atoms with Gasteiger partial charge in [-0.05, 0) is 32.4 Å². The third kappa shape index (κ3) is 4.08. The Bertz CT molecular complexity index is 590. The van der Waals surface area contributed by atoms with Crippen LogP contribution in [-0.4, -0.2) is 40.9 Å². The van der Waals surface area contributed by atoms with E-state index in [1.54, 1.807) is 0 Å². The summed E-state index contributed by atoms with van der Waals surface area (Å²) in [5, 5.41) is 18.9. The lowest BCUT2D eigenvalue weighted by Gasteiger charge is -2.24. The molecule has 3 N–H and O–H groups in total. The first-order valence-electron chi connectivity index (χ1n) is 7.34. The Hall–Kier alpha value is -2.34. The highest BCUT2D eigenvalue weighted by Gasteiger charge is 2.14. The van der Waals surface area contributed by atoms with E-state index in [0.717, 1.165) is 22.8 Å². The molecular formula is C16H22N4O2. The summed E-state index contributed by atoms with van der Waals surface area (Å²) in [7, 11) is 0. The third-order valence-electron chi connectivity index (χ3n) is 3.43. The Kier molecular flexibility index (Phi) is 5.55. The second-order valence-electron chi connectivity index (χ2n) is 5.19. The minimum Gasteiger partial charge on any atom is -0.396 e. The van der Waals surface area contributed by atoms with Crippen LogP contribution in [0.1, 0.15) is 17.8 Å². The number of aliphatic hydroxyl groups is 1. The zero-order valence-electron chi connectivity index (χ0n) is 13.0. The molecular weight excluding hydrogens is 280 g/mol. The van der Waals surface area contributed by atoms with Gasteiger partial charge in [-0.3, -0.25) is 9.89 Å². The maximum absolute atomic E-state index is 12.3. The van der Waals surface area contributed by atoms with Gasteiger partial charge in [-0.2, -0.15) is 5.10 Å². The number of anilines is 2. The number of aliphatic hydroxyl groups excluding tert-OH is 1. The van der Waals surface area contributed by atoms with Crippen LogP contribution in [0, 0.1) is 13.8 Å². The molecule has 0 spiro atoms. The van der Waals surface area contributed by atoms with Crippen molar-refractivity contribution in [2.24, 2.45) is 0 Å². The number of aryl methyl sites for hydroxylation is 2. The minimum absolute atomic E-state index is 0.102. The minimum atomic E-state index is -0.102. The molecule has 0 bridgehead atoms. The molecule has 6 nitrogen and oxygen atoms in total. The van der Waals surface area contributed by atoms with Crippen molar-refractivity contribution in [2.45, 2.75) is 20.3 Å². The number of nitrogens with zero attached hydrogens (tertiary/aromatic N) is 2. The van der Waals surface area contributed by atoms with Crippen molar-refractivity contribution in [1.29, 1.82) is 0 Å². The van der Waals surface area contributed by atoms with Gasteiger partial charge in [-0.1, -0.05) is 18.2 Å². The summed E-state index contributed by atoms with van der Waals surface area (Å²) in [4.78, 5) is 14.3. The van der Waals surface area contributed by atoms with E-state index in [1.165, 1.54) is 0 Å². The molecule has 1 aromatic heterocycles. The highest BCUT2D eigenvalue weighted by atomic mass is 16.3. The van der Waals surface area contributed by atoms with E-state index in [-0.39, 0.29) is 19.1 Å². The van der Waals surface area contributed by atoms with Crippen molar-refractivity contribution >= 4 is 17.3 Å². The second-order valence-corrected chi connectivity index (χ2v) is 5.19. The molecule has 1 heterocycles. The van der Waals surface area contributed by atoms with Crippen molar-refractivity contribution in [2.75, 3.05) is 29.9 Å². The van der Waals surface area contributed by atoms with E-state index in [0.29, 0.717) is 13.0 Å². The molecule has 0 aliphatic heterocycles. The number of nitrogens with one attached hydrogen (secondary N) is 2. The Balaban J connectivity index is 2.05. The largest absolute Gasteiger partial charge is 0.396 e. The van der Waals surface area contributed by atoms with Crippen LogP contribution in [0.4, 0.5) is 11.4 Å². The van der Waals surface area contributed by atoms with E-state index in [1.807, 2.05) is 49.1 Å². The lowest BCUT2D eigenvalue weighted by molar-refractivity contribution is -0.115. The molecule has 118 valence electrons. The van der Waals surface area contributed by atoms with Gasteiger partial charge in [0.2, 0.25) is 5.91 Å². The van der Waals surface area contributed by atoms with Gasteiger partial charge in [0, 0.05) is 18.8 Å². The molecule has 0 aliphatic rings. The number of carbonyl (C=O) groups is 1. The Morgan fingerprint density at radius 2 is 2.05 bits per heavy atom. The summed E-state index contributed by atoms with van der Waals surface area (Å²) in [5.74, 6) is -0.102. The lowest BCUT2D eigenvalue weighted by Crippen LogP contribution is -2.34. The lowest BCUT2D eigenvalue weighted by atomic mass is 10.2. The van der Waals surface area contributed by atoms with Gasteiger partial charge in [-0.25, -0.2) is 0 Å². The fourth-order valence-electron chi connectivity index (χ4n) is 2.29. The van der Waals surface area contributed by atoms with Gasteiger partial charge in [-0.15, -0.1) is 0 Å². The SMILES string of the molecule is Cc1n[nH]c(C)c1NC(=O)CN(CCCO)c1ccccc1. The number of hydrogen-bond acceptors (Lipinski definition) is 4. The predicted molar refractivity (Wildman–Crippen MR) is 87.0 cm³/mol. The van der Waals surface area contributed by atoms with Gasteiger partial charge in [0.25, 0.3) is 0 Å². The second kappa shape index (κ2) is 7.61. The number of amides is 1. The molecule has 0 unspecified atom stereocenters. The number of aromatic amines is 1. The molecule has 1 aromatic carbocycles. The maximum Gasteiger partial charge on any atom is 0.243 e. The predicted octanol–water partition coefficient (Wildman–Crippen LogP) is 1.85. The number of rotatable bonds is 7. The molecule has 0 fully saturated rings. The number of hydrogen-bond donors (Lipinski definition) is 3. The molecule has 0 radical (unpaired) electrons. The first-order chi connectivity index (χ1) is 10.6. The Morgan fingerprint density at radius 3 is 2.64 bits per heavy atom. The third-order valence-corrected chi connectivity index (χ3v) is 3.43. The summed E-state index contributed by atoms with van der Waals surface area (Å²) in [6.07, 6.45) is 0.617. The van der Waals surface area contributed by atoms with Crippen LogP contribution in [0.5, 0.6) is 0 Å². The zero-order valence-corrected chi connectivity index (χ0v) is 13.0. The average Bonchev–Trinajstić information content (AvgIpc) is 2.84. The van der Waals surface area contributed by atoms with Crippen LogP contribution >= 0.6 is 0 Å². The van der Waals surface area contributed by atoms with E-state index >= 15 is 0 Å².